The van der Waals surface area contributed by atoms with Crippen molar-refractivity contribution in [2.45, 2.75) is 31.3 Å². The van der Waals surface area contributed by atoms with Crippen molar-refractivity contribution in [1.82, 2.24) is 15.1 Å². The van der Waals surface area contributed by atoms with E-state index in [1.807, 2.05) is 0 Å². The van der Waals surface area contributed by atoms with E-state index in [9.17, 15) is 9.59 Å². The van der Waals surface area contributed by atoms with Gasteiger partial charge in [0.15, 0.2) is 0 Å². The number of carbonyl (C=O) groups excluding carboxylic acids is 1. The second-order valence-corrected chi connectivity index (χ2v) is 3.99. The molecule has 2 N–H and O–H groups in total. The molecule has 1 amide bonds. The third-order valence-corrected chi connectivity index (χ3v) is 2.86. The minimum Gasteiger partial charge on any atom is -0.480 e. The predicted octanol–water partition coefficient (Wildman–Crippen LogP) is 0.00660. The Labute approximate surface area is 92.3 Å². The van der Waals surface area contributed by atoms with Crippen molar-refractivity contribution in [2.24, 2.45) is 0 Å². The third kappa shape index (κ3) is 1.91. The Kier molecular flexibility index (Phi) is 2.64. The molecule has 86 valence electrons. The lowest BCUT2D eigenvalue weighted by Crippen LogP contribution is -2.59. The first-order chi connectivity index (χ1) is 7.62. The van der Waals surface area contributed by atoms with E-state index in [0.717, 1.165) is 6.42 Å². The predicted molar refractivity (Wildman–Crippen MR) is 54.6 cm³/mol. The fraction of sp³-hybridized carbons (Fsp3) is 0.500. The lowest BCUT2D eigenvalue weighted by molar-refractivity contribution is -0.151. The summed E-state index contributed by atoms with van der Waals surface area (Å²) in [5.74, 6) is -1.27. The van der Waals surface area contributed by atoms with Crippen LogP contribution < -0.4 is 5.32 Å². The number of carboxylic acid groups (broad SMARTS) is 1. The highest BCUT2D eigenvalue weighted by molar-refractivity contribution is 5.87. The highest BCUT2D eigenvalue weighted by Crippen LogP contribution is 2.31. The van der Waals surface area contributed by atoms with Gasteiger partial charge in [-0.1, -0.05) is 0 Å². The van der Waals surface area contributed by atoms with Gasteiger partial charge in [-0.2, -0.15) is 5.10 Å². The summed E-state index contributed by atoms with van der Waals surface area (Å²) in [7, 11) is 0. The first-order valence-corrected chi connectivity index (χ1v) is 5.14. The molecule has 0 aliphatic heterocycles. The van der Waals surface area contributed by atoms with Gasteiger partial charge in [-0.15, -0.1) is 0 Å². The monoisotopic (exact) mass is 223 g/mol. The highest BCUT2D eigenvalue weighted by Gasteiger charge is 2.45. The summed E-state index contributed by atoms with van der Waals surface area (Å²) in [4.78, 5) is 22.6. The first-order valence-electron chi connectivity index (χ1n) is 5.14. The zero-order chi connectivity index (χ0) is 11.6. The SMILES string of the molecule is O=C(Cn1cccn1)NC1(C(=O)O)CCC1. The number of aliphatic carboxylic acids is 1. The van der Waals surface area contributed by atoms with E-state index in [-0.39, 0.29) is 12.5 Å². The molecule has 1 fully saturated rings. The van der Waals surface area contributed by atoms with E-state index in [4.69, 9.17) is 5.11 Å². The average molecular weight is 223 g/mol. The van der Waals surface area contributed by atoms with Crippen molar-refractivity contribution in [2.75, 3.05) is 0 Å². The van der Waals surface area contributed by atoms with Crippen LogP contribution in [0.3, 0.4) is 0 Å². The number of nitrogens with zero attached hydrogens (tertiary/aromatic N) is 2. The van der Waals surface area contributed by atoms with Gasteiger partial charge in [-0.25, -0.2) is 4.79 Å². The molecule has 0 unspecified atom stereocenters. The Bertz CT molecular complexity index is 395. The van der Waals surface area contributed by atoms with Crippen molar-refractivity contribution in [3.05, 3.63) is 18.5 Å². The van der Waals surface area contributed by atoms with Crippen LogP contribution in [0.1, 0.15) is 19.3 Å². The highest BCUT2D eigenvalue weighted by atomic mass is 16.4. The van der Waals surface area contributed by atoms with Gasteiger partial charge in [0.2, 0.25) is 5.91 Å². The van der Waals surface area contributed by atoms with E-state index < -0.39 is 11.5 Å². The number of amides is 1. The van der Waals surface area contributed by atoms with Crippen LogP contribution in [0.5, 0.6) is 0 Å². The molecule has 1 aliphatic rings. The molecule has 0 saturated heterocycles. The average Bonchev–Trinajstić information content (AvgIpc) is 2.63. The Morgan fingerprint density at radius 1 is 1.50 bits per heavy atom. The number of hydrogen-bond donors (Lipinski definition) is 2. The molecule has 6 heteroatoms. The molecule has 6 nitrogen and oxygen atoms in total. The maximum absolute atomic E-state index is 11.6. The van der Waals surface area contributed by atoms with Crippen LogP contribution >= 0.6 is 0 Å². The smallest absolute Gasteiger partial charge is 0.329 e. The minimum atomic E-state index is -1.04. The molecule has 0 aromatic carbocycles. The van der Waals surface area contributed by atoms with Crippen molar-refractivity contribution in [3.63, 3.8) is 0 Å². The van der Waals surface area contributed by atoms with Gasteiger partial charge in [0.1, 0.15) is 12.1 Å². The van der Waals surface area contributed by atoms with Crippen LogP contribution in [-0.2, 0) is 16.1 Å². The van der Waals surface area contributed by atoms with E-state index >= 15 is 0 Å². The normalized spacial score (nSPS) is 17.5. The van der Waals surface area contributed by atoms with Gasteiger partial charge in [0.25, 0.3) is 0 Å². The number of carbonyl (C=O) groups is 2. The molecule has 0 spiro atoms. The lowest BCUT2D eigenvalue weighted by Gasteiger charge is -2.38. The Morgan fingerprint density at radius 2 is 2.25 bits per heavy atom. The van der Waals surface area contributed by atoms with Crippen LogP contribution in [0, 0.1) is 0 Å². The molecular formula is C10H13N3O3. The topological polar surface area (TPSA) is 84.2 Å². The molecule has 0 radical (unpaired) electrons. The van der Waals surface area contributed by atoms with Crippen molar-refractivity contribution < 1.29 is 14.7 Å². The van der Waals surface area contributed by atoms with Crippen LogP contribution in [0.2, 0.25) is 0 Å². The summed E-state index contributed by atoms with van der Waals surface area (Å²) in [6, 6.07) is 1.71. The van der Waals surface area contributed by atoms with Crippen LogP contribution in [0.25, 0.3) is 0 Å². The Balaban J connectivity index is 1.94. The van der Waals surface area contributed by atoms with Gasteiger partial charge < -0.3 is 10.4 Å². The maximum Gasteiger partial charge on any atom is 0.329 e. The molecule has 1 saturated carbocycles. The molecule has 1 heterocycles. The fourth-order valence-electron chi connectivity index (χ4n) is 1.77. The maximum atomic E-state index is 11.6. The number of rotatable bonds is 4. The Morgan fingerprint density at radius 3 is 2.69 bits per heavy atom. The molecule has 2 rings (SSSR count). The van der Waals surface area contributed by atoms with Crippen LogP contribution in [0.15, 0.2) is 18.5 Å². The van der Waals surface area contributed by atoms with Crippen molar-refractivity contribution in [1.29, 1.82) is 0 Å². The van der Waals surface area contributed by atoms with E-state index in [2.05, 4.69) is 10.4 Å². The largest absolute Gasteiger partial charge is 0.480 e. The summed E-state index contributed by atoms with van der Waals surface area (Å²) >= 11 is 0. The molecule has 0 atom stereocenters. The second kappa shape index (κ2) is 3.96. The zero-order valence-electron chi connectivity index (χ0n) is 8.72. The van der Waals surface area contributed by atoms with Crippen LogP contribution in [0.4, 0.5) is 0 Å². The van der Waals surface area contributed by atoms with E-state index in [0.29, 0.717) is 12.8 Å². The van der Waals surface area contributed by atoms with Gasteiger partial charge in [-0.05, 0) is 25.3 Å². The van der Waals surface area contributed by atoms with Gasteiger partial charge in [-0.3, -0.25) is 9.48 Å². The molecule has 16 heavy (non-hydrogen) atoms. The molecule has 0 bridgehead atoms. The molecular weight excluding hydrogens is 210 g/mol. The summed E-state index contributed by atoms with van der Waals surface area (Å²) in [6.07, 6.45) is 5.09. The van der Waals surface area contributed by atoms with E-state index in [1.54, 1.807) is 18.5 Å². The molecule has 1 aliphatic carbocycles. The van der Waals surface area contributed by atoms with Gasteiger partial charge in [0, 0.05) is 12.4 Å². The quantitative estimate of drug-likeness (QED) is 0.752. The number of aromatic nitrogens is 2. The van der Waals surface area contributed by atoms with Gasteiger partial charge in [0.05, 0.1) is 0 Å². The Hall–Kier alpha value is -1.85. The summed E-state index contributed by atoms with van der Waals surface area (Å²) in [6.45, 7) is 0.0576. The third-order valence-electron chi connectivity index (χ3n) is 2.86. The second-order valence-electron chi connectivity index (χ2n) is 3.99. The van der Waals surface area contributed by atoms with Crippen molar-refractivity contribution in [3.8, 4) is 0 Å². The number of hydrogen-bond acceptors (Lipinski definition) is 3. The van der Waals surface area contributed by atoms with Crippen molar-refractivity contribution >= 4 is 11.9 Å². The summed E-state index contributed by atoms with van der Waals surface area (Å²) in [5, 5.41) is 15.5. The first kappa shape index (κ1) is 10.7. The lowest BCUT2D eigenvalue weighted by atomic mass is 9.77. The summed E-state index contributed by atoms with van der Waals surface area (Å²) < 4.78 is 1.46. The minimum absolute atomic E-state index is 0.0576. The molecule has 1 aromatic rings. The fourth-order valence-corrected chi connectivity index (χ4v) is 1.77. The molecule has 1 aromatic heterocycles. The van der Waals surface area contributed by atoms with E-state index in [1.165, 1.54) is 4.68 Å². The standard InChI is InChI=1S/C10H13N3O3/c14-8(7-13-6-2-5-11-13)12-10(9(15)16)3-1-4-10/h2,5-6H,1,3-4,7H2,(H,12,14)(H,15,16). The van der Waals surface area contributed by atoms with Gasteiger partial charge >= 0.3 is 5.97 Å². The summed E-state index contributed by atoms with van der Waals surface area (Å²) in [5.41, 5.74) is -1.04. The number of nitrogens with one attached hydrogen (secondary N) is 1. The number of carboxylic acids is 1. The zero-order valence-corrected chi connectivity index (χ0v) is 8.72. The van der Waals surface area contributed by atoms with Crippen LogP contribution in [-0.4, -0.2) is 32.3 Å².